The van der Waals surface area contributed by atoms with Gasteiger partial charge in [0, 0.05) is 5.56 Å². The van der Waals surface area contributed by atoms with Crippen LogP contribution in [0, 0.1) is 0 Å². The molecule has 84 valence electrons. The third-order valence-corrected chi connectivity index (χ3v) is 2.14. The molecule has 0 radical (unpaired) electrons. The van der Waals surface area contributed by atoms with E-state index in [1.807, 2.05) is 6.92 Å². The molecule has 0 aliphatic heterocycles. The molecular weight excluding hydrogens is 208 g/mol. The van der Waals surface area contributed by atoms with Crippen molar-refractivity contribution in [1.82, 2.24) is 9.97 Å². The predicted molar refractivity (Wildman–Crippen MR) is 59.8 cm³/mol. The lowest BCUT2D eigenvalue weighted by Crippen LogP contribution is -2.12. The van der Waals surface area contributed by atoms with E-state index in [0.717, 1.165) is 11.0 Å². The maximum Gasteiger partial charge on any atom is 0.294 e. The molecule has 0 aliphatic rings. The lowest BCUT2D eigenvalue weighted by molar-refractivity contribution is 0.317. The number of rotatable bonds is 3. The molecule has 0 unspecified atom stereocenters. The SMILES string of the molecule is CCOc1nc2ccc(/C(N)=N/O)cc2[nH]1. The number of oxime groups is 1. The van der Waals surface area contributed by atoms with Gasteiger partial charge in [0.05, 0.1) is 17.6 Å². The van der Waals surface area contributed by atoms with Gasteiger partial charge >= 0.3 is 0 Å². The molecule has 6 nitrogen and oxygen atoms in total. The third-order valence-electron chi connectivity index (χ3n) is 2.14. The summed E-state index contributed by atoms with van der Waals surface area (Å²) < 4.78 is 5.24. The lowest BCUT2D eigenvalue weighted by Gasteiger charge is -1.96. The Kier molecular flexibility index (Phi) is 2.63. The molecule has 0 spiro atoms. The molecule has 1 aromatic carbocycles. The zero-order valence-corrected chi connectivity index (χ0v) is 8.77. The molecule has 16 heavy (non-hydrogen) atoms. The molecule has 0 saturated heterocycles. The number of hydrogen-bond acceptors (Lipinski definition) is 4. The first kappa shape index (κ1) is 10.3. The minimum atomic E-state index is 0.0643. The van der Waals surface area contributed by atoms with Gasteiger partial charge in [-0.2, -0.15) is 4.98 Å². The van der Waals surface area contributed by atoms with Gasteiger partial charge in [-0.25, -0.2) is 0 Å². The van der Waals surface area contributed by atoms with E-state index in [1.165, 1.54) is 0 Å². The Balaban J connectivity index is 2.45. The fourth-order valence-corrected chi connectivity index (χ4v) is 1.41. The Morgan fingerprint density at radius 3 is 3.12 bits per heavy atom. The molecule has 0 amide bonds. The number of nitrogens with two attached hydrogens (primary N) is 1. The molecule has 2 aromatic rings. The summed E-state index contributed by atoms with van der Waals surface area (Å²) in [6.07, 6.45) is 0. The number of nitrogens with one attached hydrogen (secondary N) is 1. The van der Waals surface area contributed by atoms with Crippen LogP contribution in [-0.2, 0) is 0 Å². The predicted octanol–water partition coefficient (Wildman–Crippen LogP) is 1.06. The Hall–Kier alpha value is -2.24. The van der Waals surface area contributed by atoms with Crippen LogP contribution in [0.15, 0.2) is 23.4 Å². The third kappa shape index (κ3) is 1.77. The number of fused-ring (bicyclic) bond motifs is 1. The normalized spacial score (nSPS) is 11.9. The summed E-state index contributed by atoms with van der Waals surface area (Å²) in [6, 6.07) is 5.73. The van der Waals surface area contributed by atoms with Crippen LogP contribution < -0.4 is 10.5 Å². The molecule has 6 heteroatoms. The molecule has 0 aliphatic carbocycles. The highest BCUT2D eigenvalue weighted by molar-refractivity contribution is 5.99. The minimum Gasteiger partial charge on any atom is -0.465 e. The van der Waals surface area contributed by atoms with E-state index < -0.39 is 0 Å². The number of aromatic amines is 1. The number of ether oxygens (including phenoxy) is 1. The highest BCUT2D eigenvalue weighted by atomic mass is 16.5. The van der Waals surface area contributed by atoms with Crippen LogP contribution in [-0.4, -0.2) is 27.6 Å². The molecule has 0 fully saturated rings. The Bertz CT molecular complexity index is 533. The molecule has 1 aromatic heterocycles. The summed E-state index contributed by atoms with van der Waals surface area (Å²) in [6.45, 7) is 2.43. The number of aromatic nitrogens is 2. The first-order valence-electron chi connectivity index (χ1n) is 4.85. The van der Waals surface area contributed by atoms with Crippen molar-refractivity contribution in [1.29, 1.82) is 0 Å². The van der Waals surface area contributed by atoms with E-state index >= 15 is 0 Å². The van der Waals surface area contributed by atoms with Crippen molar-refractivity contribution in [3.63, 3.8) is 0 Å². The molecule has 0 bridgehead atoms. The van der Waals surface area contributed by atoms with E-state index in [1.54, 1.807) is 18.2 Å². The van der Waals surface area contributed by atoms with Gasteiger partial charge < -0.3 is 20.7 Å². The number of H-pyrrole nitrogens is 1. The first-order chi connectivity index (χ1) is 7.74. The van der Waals surface area contributed by atoms with Crippen molar-refractivity contribution in [2.24, 2.45) is 10.9 Å². The molecular formula is C10H12N4O2. The molecule has 0 atom stereocenters. The fraction of sp³-hybridized carbons (Fsp3) is 0.200. The standard InChI is InChI=1S/C10H12N4O2/c1-2-16-10-12-7-4-3-6(9(11)14-15)5-8(7)13-10/h3-5,15H,2H2,1H3,(H2,11,14)(H,12,13). The summed E-state index contributed by atoms with van der Waals surface area (Å²) >= 11 is 0. The maximum atomic E-state index is 8.56. The highest BCUT2D eigenvalue weighted by Crippen LogP contribution is 2.17. The molecule has 0 saturated carbocycles. The maximum absolute atomic E-state index is 8.56. The monoisotopic (exact) mass is 220 g/mol. The second-order valence-corrected chi connectivity index (χ2v) is 3.19. The van der Waals surface area contributed by atoms with E-state index in [4.69, 9.17) is 15.7 Å². The fourth-order valence-electron chi connectivity index (χ4n) is 1.41. The number of imidazole rings is 1. The van der Waals surface area contributed by atoms with Crippen molar-refractivity contribution in [3.8, 4) is 6.01 Å². The first-order valence-corrected chi connectivity index (χ1v) is 4.85. The average molecular weight is 220 g/mol. The van der Waals surface area contributed by atoms with Gasteiger partial charge in [0.1, 0.15) is 0 Å². The van der Waals surface area contributed by atoms with Gasteiger partial charge in [-0.1, -0.05) is 5.16 Å². The number of nitrogens with zero attached hydrogens (tertiary/aromatic N) is 2. The minimum absolute atomic E-state index is 0.0643. The Morgan fingerprint density at radius 2 is 2.44 bits per heavy atom. The van der Waals surface area contributed by atoms with Gasteiger partial charge in [-0.3, -0.25) is 0 Å². The van der Waals surface area contributed by atoms with Crippen LogP contribution in [0.25, 0.3) is 11.0 Å². The number of hydrogen-bond donors (Lipinski definition) is 3. The van der Waals surface area contributed by atoms with E-state index in [-0.39, 0.29) is 5.84 Å². The van der Waals surface area contributed by atoms with E-state index in [0.29, 0.717) is 18.2 Å². The van der Waals surface area contributed by atoms with E-state index in [2.05, 4.69) is 15.1 Å². The smallest absolute Gasteiger partial charge is 0.294 e. The zero-order chi connectivity index (χ0) is 11.5. The Morgan fingerprint density at radius 1 is 1.62 bits per heavy atom. The topological polar surface area (TPSA) is 96.5 Å². The molecule has 4 N–H and O–H groups in total. The number of amidine groups is 1. The van der Waals surface area contributed by atoms with Crippen LogP contribution in [0.4, 0.5) is 0 Å². The summed E-state index contributed by atoms with van der Waals surface area (Å²) in [5, 5.41) is 11.5. The van der Waals surface area contributed by atoms with Crippen LogP contribution in [0.1, 0.15) is 12.5 Å². The highest BCUT2D eigenvalue weighted by Gasteiger charge is 2.05. The van der Waals surface area contributed by atoms with Crippen molar-refractivity contribution < 1.29 is 9.94 Å². The zero-order valence-electron chi connectivity index (χ0n) is 8.77. The van der Waals surface area contributed by atoms with Crippen LogP contribution >= 0.6 is 0 Å². The van der Waals surface area contributed by atoms with Crippen molar-refractivity contribution in [3.05, 3.63) is 23.8 Å². The van der Waals surface area contributed by atoms with Crippen LogP contribution in [0.2, 0.25) is 0 Å². The molecule has 1 heterocycles. The van der Waals surface area contributed by atoms with Gasteiger partial charge in [-0.05, 0) is 25.1 Å². The van der Waals surface area contributed by atoms with Crippen LogP contribution in [0.3, 0.4) is 0 Å². The van der Waals surface area contributed by atoms with Crippen molar-refractivity contribution in [2.45, 2.75) is 6.92 Å². The van der Waals surface area contributed by atoms with E-state index in [9.17, 15) is 0 Å². The lowest BCUT2D eigenvalue weighted by atomic mass is 10.2. The molecule has 2 rings (SSSR count). The van der Waals surface area contributed by atoms with Gasteiger partial charge in [0.25, 0.3) is 6.01 Å². The number of benzene rings is 1. The summed E-state index contributed by atoms with van der Waals surface area (Å²) in [5.41, 5.74) is 7.67. The summed E-state index contributed by atoms with van der Waals surface area (Å²) in [5.74, 6) is 0.0643. The second kappa shape index (κ2) is 4.09. The quantitative estimate of drug-likeness (QED) is 0.312. The van der Waals surface area contributed by atoms with Crippen LogP contribution in [0.5, 0.6) is 6.01 Å². The van der Waals surface area contributed by atoms with Crippen molar-refractivity contribution >= 4 is 16.9 Å². The summed E-state index contributed by atoms with van der Waals surface area (Å²) in [7, 11) is 0. The van der Waals surface area contributed by atoms with Gasteiger partial charge in [-0.15, -0.1) is 0 Å². The average Bonchev–Trinajstić information content (AvgIpc) is 2.69. The van der Waals surface area contributed by atoms with Crippen molar-refractivity contribution in [2.75, 3.05) is 6.61 Å². The second-order valence-electron chi connectivity index (χ2n) is 3.19. The largest absolute Gasteiger partial charge is 0.465 e. The van der Waals surface area contributed by atoms with Gasteiger partial charge in [0.15, 0.2) is 5.84 Å². The van der Waals surface area contributed by atoms with Gasteiger partial charge in [0.2, 0.25) is 0 Å². The summed E-state index contributed by atoms with van der Waals surface area (Å²) in [4.78, 5) is 7.20. The Labute approximate surface area is 91.7 Å².